The molecule has 0 aliphatic rings. The van der Waals surface area contributed by atoms with Gasteiger partial charge in [-0.2, -0.15) is 8.42 Å². The number of rotatable bonds is 8. The molecule has 2 aromatic rings. The monoisotopic (exact) mass is 456 g/mol. The van der Waals surface area contributed by atoms with Crippen molar-refractivity contribution in [3.05, 3.63) is 62.7 Å². The molecule has 0 saturated heterocycles. The molecule has 0 radical (unpaired) electrons. The fraction of sp³-hybridized carbons (Fsp3) is 0.316. The first-order chi connectivity index (χ1) is 13.9. The van der Waals surface area contributed by atoms with Crippen molar-refractivity contribution >= 4 is 33.3 Å². The number of carbonyl (C=O) groups excluding carboxylic acids is 1. The van der Waals surface area contributed by atoms with Crippen LogP contribution in [0.4, 0.5) is 5.69 Å². The maximum Gasteiger partial charge on any atom is 0.306 e. The molecule has 0 aliphatic carbocycles. The Balaban J connectivity index is 2.38. The minimum atomic E-state index is -3.78. The van der Waals surface area contributed by atoms with Crippen LogP contribution in [-0.2, 0) is 16.7 Å². The van der Waals surface area contributed by atoms with E-state index in [2.05, 4.69) is 0 Å². The van der Waals surface area contributed by atoms with Crippen LogP contribution in [-0.4, -0.2) is 43.6 Å². The van der Waals surface area contributed by atoms with Gasteiger partial charge in [-0.25, -0.2) is 0 Å². The number of hydrogen-bond donors (Lipinski definition) is 0. The quantitative estimate of drug-likeness (QED) is 0.338. The van der Waals surface area contributed by atoms with Crippen LogP contribution in [0.15, 0.2) is 36.4 Å². The predicted molar refractivity (Wildman–Crippen MR) is 112 cm³/mol. The van der Waals surface area contributed by atoms with E-state index in [1.807, 2.05) is 0 Å². The molecular formula is C19H21ClN2O7S. The number of carbonyl (C=O) groups is 1. The Hall–Kier alpha value is -2.85. The first-order valence-electron chi connectivity index (χ1n) is 8.74. The average molecular weight is 457 g/mol. The van der Waals surface area contributed by atoms with Crippen LogP contribution in [0.5, 0.6) is 11.5 Å². The number of halogens is 1. The van der Waals surface area contributed by atoms with Crippen LogP contribution in [0.1, 0.15) is 29.8 Å². The fourth-order valence-electron chi connectivity index (χ4n) is 2.68. The Morgan fingerprint density at radius 1 is 1.20 bits per heavy atom. The van der Waals surface area contributed by atoms with Gasteiger partial charge in [0.25, 0.3) is 11.6 Å². The van der Waals surface area contributed by atoms with Gasteiger partial charge in [-0.1, -0.05) is 17.7 Å². The van der Waals surface area contributed by atoms with E-state index in [0.29, 0.717) is 5.56 Å². The van der Waals surface area contributed by atoms with Crippen LogP contribution in [0.25, 0.3) is 0 Å². The molecule has 9 nitrogen and oxygen atoms in total. The minimum absolute atomic E-state index is 0.00390. The van der Waals surface area contributed by atoms with E-state index in [0.717, 1.165) is 12.3 Å². The summed E-state index contributed by atoms with van der Waals surface area (Å²) in [4.78, 5) is 25.0. The number of benzene rings is 2. The zero-order chi connectivity index (χ0) is 22.6. The molecule has 30 heavy (non-hydrogen) atoms. The number of nitrogens with zero attached hydrogens (tertiary/aromatic N) is 2. The third-order valence-corrected chi connectivity index (χ3v) is 4.90. The molecule has 162 valence electrons. The molecule has 0 heterocycles. The molecular weight excluding hydrogens is 436 g/mol. The Morgan fingerprint density at radius 2 is 1.87 bits per heavy atom. The lowest BCUT2D eigenvalue weighted by Crippen LogP contribution is -2.36. The molecule has 0 N–H and O–H groups in total. The molecule has 0 fully saturated rings. The van der Waals surface area contributed by atoms with Gasteiger partial charge in [-0.05, 0) is 43.7 Å². The average Bonchev–Trinajstić information content (AvgIpc) is 2.64. The summed E-state index contributed by atoms with van der Waals surface area (Å²) in [6.45, 7) is 3.69. The molecule has 0 aliphatic heterocycles. The van der Waals surface area contributed by atoms with Crippen LogP contribution in [0.2, 0.25) is 5.02 Å². The summed E-state index contributed by atoms with van der Waals surface area (Å²) in [5.41, 5.74) is 0.334. The molecule has 0 bridgehead atoms. The maximum absolute atomic E-state index is 13.0. The topological polar surface area (TPSA) is 116 Å². The second-order valence-corrected chi connectivity index (χ2v) is 8.70. The number of hydrogen-bond acceptors (Lipinski definition) is 7. The minimum Gasteiger partial charge on any atom is -0.493 e. The van der Waals surface area contributed by atoms with Gasteiger partial charge in [-0.15, -0.1) is 0 Å². The number of nitro benzene ring substituents is 1. The van der Waals surface area contributed by atoms with Crippen molar-refractivity contribution in [2.75, 3.05) is 13.4 Å². The summed E-state index contributed by atoms with van der Waals surface area (Å²) in [5.74, 6) is -0.220. The van der Waals surface area contributed by atoms with Gasteiger partial charge >= 0.3 is 10.1 Å². The van der Waals surface area contributed by atoms with Crippen molar-refractivity contribution in [1.29, 1.82) is 0 Å². The van der Waals surface area contributed by atoms with Crippen LogP contribution >= 0.6 is 11.6 Å². The summed E-state index contributed by atoms with van der Waals surface area (Å²) in [5, 5.41) is 11.1. The van der Waals surface area contributed by atoms with Crippen molar-refractivity contribution in [2.45, 2.75) is 26.4 Å². The lowest BCUT2D eigenvalue weighted by Gasteiger charge is -2.27. The third-order valence-electron chi connectivity index (χ3n) is 4.10. The second-order valence-electron chi connectivity index (χ2n) is 6.72. The van der Waals surface area contributed by atoms with E-state index >= 15 is 0 Å². The van der Waals surface area contributed by atoms with Gasteiger partial charge in [0.15, 0.2) is 11.5 Å². The highest BCUT2D eigenvalue weighted by atomic mass is 35.5. The van der Waals surface area contributed by atoms with Crippen LogP contribution in [0.3, 0.4) is 0 Å². The van der Waals surface area contributed by atoms with Crippen molar-refractivity contribution in [1.82, 2.24) is 4.90 Å². The van der Waals surface area contributed by atoms with Gasteiger partial charge < -0.3 is 13.8 Å². The first-order valence-corrected chi connectivity index (χ1v) is 10.9. The van der Waals surface area contributed by atoms with Gasteiger partial charge in [0.05, 0.1) is 18.3 Å². The van der Waals surface area contributed by atoms with E-state index in [1.54, 1.807) is 19.9 Å². The zero-order valence-electron chi connectivity index (χ0n) is 16.8. The molecule has 0 spiro atoms. The van der Waals surface area contributed by atoms with Gasteiger partial charge in [-0.3, -0.25) is 14.9 Å². The SMILES string of the molecule is COc1ccc(CN(C(=O)c2ccc(Cl)c([N+](=O)[O-])c2)C(C)C)cc1OS(C)(=O)=O. The molecule has 0 saturated carbocycles. The largest absolute Gasteiger partial charge is 0.493 e. The molecule has 0 unspecified atom stereocenters. The van der Waals surface area contributed by atoms with Crippen molar-refractivity contribution in [3.63, 3.8) is 0 Å². The summed E-state index contributed by atoms with van der Waals surface area (Å²) >= 11 is 5.83. The van der Waals surface area contributed by atoms with Crippen molar-refractivity contribution in [3.8, 4) is 11.5 Å². The smallest absolute Gasteiger partial charge is 0.306 e. The second kappa shape index (κ2) is 9.31. The molecule has 0 atom stereocenters. The van der Waals surface area contributed by atoms with Crippen LogP contribution in [0, 0.1) is 10.1 Å². The third kappa shape index (κ3) is 5.83. The van der Waals surface area contributed by atoms with Gasteiger partial charge in [0.2, 0.25) is 0 Å². The van der Waals surface area contributed by atoms with Gasteiger partial charge in [0, 0.05) is 24.2 Å². The summed E-state index contributed by atoms with van der Waals surface area (Å²) in [6, 6.07) is 8.26. The van der Waals surface area contributed by atoms with Crippen molar-refractivity contribution in [2.24, 2.45) is 0 Å². The zero-order valence-corrected chi connectivity index (χ0v) is 18.4. The standard InChI is InChI=1S/C19H21ClN2O7S/c1-12(2)21(19(23)14-6-7-15(20)16(10-14)22(24)25)11-13-5-8-17(28-3)18(9-13)29-30(4,26)27/h5-10,12H,11H2,1-4H3. The first kappa shape index (κ1) is 23.4. The Bertz CT molecular complexity index is 1070. The van der Waals surface area contributed by atoms with Gasteiger partial charge in [0.1, 0.15) is 5.02 Å². The lowest BCUT2D eigenvalue weighted by atomic mass is 10.1. The summed E-state index contributed by atoms with van der Waals surface area (Å²) in [7, 11) is -2.41. The van der Waals surface area contributed by atoms with Crippen LogP contribution < -0.4 is 8.92 Å². The Kier molecular flexibility index (Phi) is 7.27. The highest BCUT2D eigenvalue weighted by Crippen LogP contribution is 2.31. The predicted octanol–water partition coefficient (Wildman–Crippen LogP) is 3.65. The van der Waals surface area contributed by atoms with E-state index < -0.39 is 20.9 Å². The molecule has 0 aromatic heterocycles. The van der Waals surface area contributed by atoms with Crippen molar-refractivity contribution < 1.29 is 27.1 Å². The molecule has 2 rings (SSSR count). The van der Waals surface area contributed by atoms with E-state index in [4.69, 9.17) is 20.5 Å². The van der Waals surface area contributed by atoms with E-state index in [9.17, 15) is 23.3 Å². The lowest BCUT2D eigenvalue weighted by molar-refractivity contribution is -0.384. The maximum atomic E-state index is 13.0. The summed E-state index contributed by atoms with van der Waals surface area (Å²) < 4.78 is 33.1. The fourth-order valence-corrected chi connectivity index (χ4v) is 3.33. The number of ether oxygens (including phenoxy) is 1. The summed E-state index contributed by atoms with van der Waals surface area (Å²) in [6.07, 6.45) is 0.913. The molecule has 1 amide bonds. The number of amides is 1. The Labute approximate surface area is 179 Å². The molecule has 11 heteroatoms. The highest BCUT2D eigenvalue weighted by Gasteiger charge is 2.23. The highest BCUT2D eigenvalue weighted by molar-refractivity contribution is 7.86. The van der Waals surface area contributed by atoms with E-state index in [-0.39, 0.29) is 40.4 Å². The normalized spacial score (nSPS) is 11.3. The molecule has 2 aromatic carbocycles. The van der Waals surface area contributed by atoms with E-state index in [1.165, 1.54) is 36.3 Å². The Morgan fingerprint density at radius 3 is 2.40 bits per heavy atom. The number of nitro groups is 1. The number of methoxy groups -OCH3 is 1.